The summed E-state index contributed by atoms with van der Waals surface area (Å²) in [7, 11) is 2.13. The van der Waals surface area contributed by atoms with Crippen molar-refractivity contribution in [3.8, 4) is 5.75 Å². The molecule has 35 heavy (non-hydrogen) atoms. The monoisotopic (exact) mass is 483 g/mol. The Kier molecular flexibility index (Phi) is 8.58. The number of hydrogen-bond donors (Lipinski definition) is 0. The van der Waals surface area contributed by atoms with Gasteiger partial charge in [0.2, 0.25) is 0 Å². The van der Waals surface area contributed by atoms with Gasteiger partial charge in [0, 0.05) is 36.5 Å². The van der Waals surface area contributed by atoms with E-state index in [1.165, 1.54) is 38.6 Å². The van der Waals surface area contributed by atoms with E-state index in [2.05, 4.69) is 117 Å². The highest BCUT2D eigenvalue weighted by Crippen LogP contribution is 2.31. The third kappa shape index (κ3) is 6.51. The fraction of sp³-hybridized carbons (Fsp3) is 0.226. The molecule has 180 valence electrons. The van der Waals surface area contributed by atoms with Gasteiger partial charge in [-0.3, -0.25) is 0 Å². The van der Waals surface area contributed by atoms with Crippen LogP contribution < -0.4 is 20.2 Å². The Morgan fingerprint density at radius 1 is 0.714 bits per heavy atom. The van der Waals surface area contributed by atoms with E-state index in [0.29, 0.717) is 8.58 Å². The third-order valence-corrected chi connectivity index (χ3v) is 7.56. The van der Waals surface area contributed by atoms with E-state index in [9.17, 15) is 0 Å². The second-order valence-corrected chi connectivity index (χ2v) is 10.2. The van der Waals surface area contributed by atoms with E-state index in [0.717, 1.165) is 24.4 Å². The van der Waals surface area contributed by atoms with Crippen LogP contribution in [0.2, 0.25) is 0 Å². The fourth-order valence-electron chi connectivity index (χ4n) is 4.40. The van der Waals surface area contributed by atoms with Crippen molar-refractivity contribution < 1.29 is 9.47 Å². The van der Waals surface area contributed by atoms with Crippen LogP contribution in [0.4, 0.5) is 5.69 Å². The molecule has 0 saturated carbocycles. The number of aryl methyl sites for hydroxylation is 3. The number of benzene rings is 4. The lowest BCUT2D eigenvalue weighted by atomic mass is 10.1. The van der Waals surface area contributed by atoms with Gasteiger partial charge in [0.05, 0.1) is 0 Å². The average Bonchev–Trinajstić information content (AvgIpc) is 2.85. The first-order valence-corrected chi connectivity index (χ1v) is 13.0. The van der Waals surface area contributed by atoms with Crippen LogP contribution in [0.15, 0.2) is 91.0 Å². The largest absolute Gasteiger partial charge is 0.467 e. The van der Waals surface area contributed by atoms with Crippen LogP contribution >= 0.6 is 8.58 Å². The highest BCUT2D eigenvalue weighted by Gasteiger charge is 2.18. The highest BCUT2D eigenvalue weighted by atomic mass is 31.1. The zero-order chi connectivity index (χ0) is 24.6. The van der Waals surface area contributed by atoms with Gasteiger partial charge in [0.25, 0.3) is 0 Å². The van der Waals surface area contributed by atoms with Crippen molar-refractivity contribution in [3.05, 3.63) is 119 Å². The average molecular weight is 484 g/mol. The van der Waals surface area contributed by atoms with Gasteiger partial charge in [-0.1, -0.05) is 87.4 Å². The van der Waals surface area contributed by atoms with Gasteiger partial charge in [-0.15, -0.1) is 0 Å². The number of ether oxygens (including phenoxy) is 2. The first kappa shape index (κ1) is 25.0. The van der Waals surface area contributed by atoms with Gasteiger partial charge in [0.15, 0.2) is 6.79 Å². The molecular weight excluding hydrogens is 449 g/mol. The lowest BCUT2D eigenvalue weighted by Gasteiger charge is -2.29. The molecule has 0 radical (unpaired) electrons. The summed E-state index contributed by atoms with van der Waals surface area (Å²) in [5, 5.41) is 2.57. The molecule has 0 aliphatic carbocycles. The minimum absolute atomic E-state index is 0.246. The molecule has 0 amide bonds. The zero-order valence-corrected chi connectivity index (χ0v) is 22.0. The molecular formula is C31H34NO2P. The Morgan fingerprint density at radius 2 is 1.34 bits per heavy atom. The van der Waals surface area contributed by atoms with Gasteiger partial charge in [0.1, 0.15) is 5.75 Å². The van der Waals surface area contributed by atoms with Gasteiger partial charge in [-0.25, -0.2) is 0 Å². The SMILES string of the molecule is COCOc1c(C)cc(C)cc1Pc1c(C)cccc1N(Cc1ccccc1)Cc1ccccc1. The van der Waals surface area contributed by atoms with Crippen molar-refractivity contribution in [3.63, 3.8) is 0 Å². The molecule has 0 aliphatic rings. The van der Waals surface area contributed by atoms with Crippen LogP contribution in [0, 0.1) is 20.8 Å². The van der Waals surface area contributed by atoms with Gasteiger partial charge < -0.3 is 14.4 Å². The summed E-state index contributed by atoms with van der Waals surface area (Å²) in [6.07, 6.45) is 0. The predicted molar refractivity (Wildman–Crippen MR) is 150 cm³/mol. The summed E-state index contributed by atoms with van der Waals surface area (Å²) in [5.74, 6) is 0.933. The van der Waals surface area contributed by atoms with Crippen LogP contribution in [0.25, 0.3) is 0 Å². The van der Waals surface area contributed by atoms with Crippen LogP contribution in [0.3, 0.4) is 0 Å². The number of hydrogen-bond acceptors (Lipinski definition) is 3. The quantitative estimate of drug-likeness (QED) is 0.192. The van der Waals surface area contributed by atoms with Crippen LogP contribution in [-0.2, 0) is 17.8 Å². The van der Waals surface area contributed by atoms with Gasteiger partial charge in [-0.2, -0.15) is 0 Å². The number of anilines is 1. The van der Waals surface area contributed by atoms with Crippen LogP contribution in [0.1, 0.15) is 27.8 Å². The van der Waals surface area contributed by atoms with Crippen LogP contribution in [0.5, 0.6) is 5.75 Å². The highest BCUT2D eigenvalue weighted by molar-refractivity contribution is 7.56. The van der Waals surface area contributed by atoms with Crippen molar-refractivity contribution in [2.24, 2.45) is 0 Å². The van der Waals surface area contributed by atoms with Crippen molar-refractivity contribution in [1.82, 2.24) is 0 Å². The Labute approximate surface area is 211 Å². The lowest BCUT2D eigenvalue weighted by molar-refractivity contribution is 0.0514. The molecule has 1 atom stereocenters. The molecule has 4 rings (SSSR count). The summed E-state index contributed by atoms with van der Waals surface area (Å²) < 4.78 is 11.3. The Bertz CT molecular complexity index is 1200. The van der Waals surface area contributed by atoms with E-state index in [1.54, 1.807) is 7.11 Å². The zero-order valence-electron chi connectivity index (χ0n) is 21.0. The van der Waals surface area contributed by atoms with E-state index >= 15 is 0 Å². The summed E-state index contributed by atoms with van der Waals surface area (Å²) in [5.41, 5.74) is 7.56. The van der Waals surface area contributed by atoms with Gasteiger partial charge >= 0.3 is 0 Å². The molecule has 0 aromatic heterocycles. The topological polar surface area (TPSA) is 21.7 Å². The molecule has 1 unspecified atom stereocenters. The summed E-state index contributed by atoms with van der Waals surface area (Å²) in [4.78, 5) is 2.50. The maximum absolute atomic E-state index is 6.05. The van der Waals surface area contributed by atoms with Crippen molar-refractivity contribution in [1.29, 1.82) is 0 Å². The molecule has 4 aromatic rings. The number of rotatable bonds is 10. The maximum Gasteiger partial charge on any atom is 0.188 e. The molecule has 0 spiro atoms. The molecule has 0 N–H and O–H groups in total. The fourth-order valence-corrected chi connectivity index (χ4v) is 6.01. The molecule has 0 aliphatic heterocycles. The summed E-state index contributed by atoms with van der Waals surface area (Å²) in [6.45, 7) is 8.41. The molecule has 0 bridgehead atoms. The van der Waals surface area contributed by atoms with E-state index in [-0.39, 0.29) is 6.79 Å². The minimum Gasteiger partial charge on any atom is -0.467 e. The predicted octanol–water partition coefficient (Wildman–Crippen LogP) is 6.43. The number of methoxy groups -OCH3 is 1. The number of nitrogens with zero attached hydrogens (tertiary/aromatic N) is 1. The molecule has 0 fully saturated rings. The molecule has 0 saturated heterocycles. The normalized spacial score (nSPS) is 11.2. The van der Waals surface area contributed by atoms with E-state index in [1.807, 2.05) is 0 Å². The first-order valence-electron chi connectivity index (χ1n) is 12.0. The van der Waals surface area contributed by atoms with Crippen molar-refractivity contribution >= 4 is 24.9 Å². The molecule has 4 heteroatoms. The maximum atomic E-state index is 6.05. The van der Waals surface area contributed by atoms with Gasteiger partial charge in [-0.05, 0) is 60.7 Å². The first-order chi connectivity index (χ1) is 17.0. The molecule has 0 heterocycles. The van der Waals surface area contributed by atoms with Crippen molar-refractivity contribution in [2.75, 3.05) is 18.8 Å². The minimum atomic E-state index is 0.246. The second kappa shape index (κ2) is 12.0. The van der Waals surface area contributed by atoms with E-state index in [4.69, 9.17) is 9.47 Å². The summed E-state index contributed by atoms with van der Waals surface area (Å²) >= 11 is 0. The van der Waals surface area contributed by atoms with E-state index < -0.39 is 0 Å². The lowest BCUT2D eigenvalue weighted by Crippen LogP contribution is -2.27. The molecule has 4 aromatic carbocycles. The second-order valence-electron chi connectivity index (χ2n) is 8.93. The van der Waals surface area contributed by atoms with Crippen molar-refractivity contribution in [2.45, 2.75) is 33.9 Å². The molecule has 3 nitrogen and oxygen atoms in total. The van der Waals surface area contributed by atoms with Crippen LogP contribution in [-0.4, -0.2) is 13.9 Å². The third-order valence-electron chi connectivity index (χ3n) is 6.02. The Morgan fingerprint density at radius 3 is 1.94 bits per heavy atom. The standard InChI is InChI=1S/C31H34NO2P/c1-23-18-25(3)30(34-22-33-4)29(19-23)35-31-24(2)12-11-17-28(31)32(20-26-13-7-5-8-14-26)21-27-15-9-6-10-16-27/h5-19,35H,20-22H2,1-4H3. The Balaban J connectivity index is 1.76. The Hall–Kier alpha value is -3.13. The smallest absolute Gasteiger partial charge is 0.188 e. The summed E-state index contributed by atoms with van der Waals surface area (Å²) in [6, 6.07) is 32.5.